The number of aryl methyl sites for hydroxylation is 1. The largest absolute Gasteiger partial charge is 0.397 e. The zero-order valence-electron chi connectivity index (χ0n) is 11.2. The van der Waals surface area contributed by atoms with Crippen LogP contribution < -0.4 is 11.1 Å². The predicted molar refractivity (Wildman–Crippen MR) is 78.7 cm³/mol. The zero-order valence-corrected chi connectivity index (χ0v) is 11.2. The van der Waals surface area contributed by atoms with Gasteiger partial charge < -0.3 is 11.1 Å². The average Bonchev–Trinajstić information content (AvgIpc) is 2.35. The lowest BCUT2D eigenvalue weighted by molar-refractivity contribution is 0.610. The highest BCUT2D eigenvalue weighted by atomic mass is 15.0. The highest BCUT2D eigenvalue weighted by molar-refractivity contribution is 5.68. The van der Waals surface area contributed by atoms with Crippen LogP contribution in [0.4, 0.5) is 11.4 Å². The van der Waals surface area contributed by atoms with E-state index < -0.39 is 0 Å². The van der Waals surface area contributed by atoms with Crippen LogP contribution in [0, 0.1) is 6.92 Å². The highest BCUT2D eigenvalue weighted by Crippen LogP contribution is 2.29. The monoisotopic (exact) mass is 240 g/mol. The van der Waals surface area contributed by atoms with Gasteiger partial charge in [-0.2, -0.15) is 0 Å². The van der Waals surface area contributed by atoms with Crippen LogP contribution in [0.5, 0.6) is 0 Å². The first kappa shape index (κ1) is 12.5. The third-order valence-corrected chi connectivity index (χ3v) is 3.15. The van der Waals surface area contributed by atoms with Crippen molar-refractivity contribution in [2.75, 3.05) is 11.1 Å². The topological polar surface area (TPSA) is 38.0 Å². The molecule has 0 aliphatic heterocycles. The van der Waals surface area contributed by atoms with Crippen LogP contribution in [0.3, 0.4) is 0 Å². The smallest absolute Gasteiger partial charge is 0.0583 e. The molecule has 18 heavy (non-hydrogen) atoms. The van der Waals surface area contributed by atoms with E-state index in [-0.39, 0.29) is 5.54 Å². The van der Waals surface area contributed by atoms with Crippen molar-refractivity contribution < 1.29 is 0 Å². The first-order valence-electron chi connectivity index (χ1n) is 6.19. The summed E-state index contributed by atoms with van der Waals surface area (Å²) in [6.07, 6.45) is 0. The lowest BCUT2D eigenvalue weighted by Crippen LogP contribution is -2.28. The SMILES string of the molecule is Cc1ccc(N)c(NC(C)(C)c2ccccc2)c1. The summed E-state index contributed by atoms with van der Waals surface area (Å²) in [5.74, 6) is 0. The van der Waals surface area contributed by atoms with Gasteiger partial charge in [0.25, 0.3) is 0 Å². The van der Waals surface area contributed by atoms with Gasteiger partial charge in [-0.15, -0.1) is 0 Å². The normalized spacial score (nSPS) is 11.3. The minimum atomic E-state index is -0.150. The van der Waals surface area contributed by atoms with Gasteiger partial charge in [-0.1, -0.05) is 36.4 Å². The van der Waals surface area contributed by atoms with Crippen LogP contribution in [0.2, 0.25) is 0 Å². The highest BCUT2D eigenvalue weighted by Gasteiger charge is 2.20. The summed E-state index contributed by atoms with van der Waals surface area (Å²) in [7, 11) is 0. The molecule has 2 aromatic carbocycles. The van der Waals surface area contributed by atoms with Gasteiger partial charge in [0.15, 0.2) is 0 Å². The van der Waals surface area contributed by atoms with E-state index in [9.17, 15) is 0 Å². The Kier molecular flexibility index (Phi) is 3.28. The van der Waals surface area contributed by atoms with Crippen molar-refractivity contribution in [3.8, 4) is 0 Å². The van der Waals surface area contributed by atoms with Crippen LogP contribution >= 0.6 is 0 Å². The second kappa shape index (κ2) is 4.73. The first-order valence-corrected chi connectivity index (χ1v) is 6.19. The lowest BCUT2D eigenvalue weighted by Gasteiger charge is -2.29. The van der Waals surface area contributed by atoms with Gasteiger partial charge in [-0.05, 0) is 44.0 Å². The standard InChI is InChI=1S/C16H20N2/c1-12-9-10-14(17)15(11-12)18-16(2,3)13-7-5-4-6-8-13/h4-11,18H,17H2,1-3H3. The second-order valence-electron chi connectivity index (χ2n) is 5.21. The van der Waals surface area contributed by atoms with E-state index in [1.807, 2.05) is 18.2 Å². The molecule has 2 rings (SSSR count). The molecule has 2 heteroatoms. The predicted octanol–water partition coefficient (Wildman–Crippen LogP) is 3.92. The van der Waals surface area contributed by atoms with Crippen LogP contribution in [-0.2, 0) is 5.54 Å². The molecule has 94 valence electrons. The molecule has 0 saturated heterocycles. The maximum absolute atomic E-state index is 6.01. The lowest BCUT2D eigenvalue weighted by atomic mass is 9.93. The number of nitrogen functional groups attached to an aromatic ring is 1. The van der Waals surface area contributed by atoms with E-state index >= 15 is 0 Å². The summed E-state index contributed by atoms with van der Waals surface area (Å²) in [5, 5.41) is 3.52. The molecule has 2 nitrogen and oxygen atoms in total. The van der Waals surface area contributed by atoms with E-state index in [2.05, 4.69) is 56.4 Å². The summed E-state index contributed by atoms with van der Waals surface area (Å²) in [6, 6.07) is 16.4. The molecular formula is C16H20N2. The molecule has 0 saturated carbocycles. The Hall–Kier alpha value is -1.96. The molecule has 0 atom stereocenters. The Morgan fingerprint density at radius 3 is 2.33 bits per heavy atom. The molecule has 0 bridgehead atoms. The molecule has 0 fully saturated rings. The van der Waals surface area contributed by atoms with Crippen molar-refractivity contribution in [3.63, 3.8) is 0 Å². The summed E-state index contributed by atoms with van der Waals surface area (Å²) >= 11 is 0. The molecule has 0 aliphatic rings. The Bertz CT molecular complexity index is 530. The van der Waals surface area contributed by atoms with Crippen LogP contribution in [0.15, 0.2) is 48.5 Å². The summed E-state index contributed by atoms with van der Waals surface area (Å²) < 4.78 is 0. The van der Waals surface area contributed by atoms with Crippen LogP contribution in [0.1, 0.15) is 25.0 Å². The molecule has 0 aromatic heterocycles. The third-order valence-electron chi connectivity index (χ3n) is 3.15. The molecule has 0 amide bonds. The zero-order chi connectivity index (χ0) is 13.2. The summed E-state index contributed by atoms with van der Waals surface area (Å²) in [4.78, 5) is 0. The number of rotatable bonds is 3. The fraction of sp³-hybridized carbons (Fsp3) is 0.250. The Morgan fingerprint density at radius 1 is 1.00 bits per heavy atom. The number of benzene rings is 2. The maximum atomic E-state index is 6.01. The van der Waals surface area contributed by atoms with E-state index in [1.54, 1.807) is 0 Å². The van der Waals surface area contributed by atoms with Gasteiger partial charge in [-0.3, -0.25) is 0 Å². The molecule has 0 aliphatic carbocycles. The molecule has 0 radical (unpaired) electrons. The minimum Gasteiger partial charge on any atom is -0.397 e. The fourth-order valence-corrected chi connectivity index (χ4v) is 2.04. The van der Waals surface area contributed by atoms with Crippen molar-refractivity contribution in [2.24, 2.45) is 0 Å². The van der Waals surface area contributed by atoms with Crippen LogP contribution in [0.25, 0.3) is 0 Å². The van der Waals surface area contributed by atoms with Crippen molar-refractivity contribution in [1.29, 1.82) is 0 Å². The van der Waals surface area contributed by atoms with E-state index in [0.29, 0.717) is 0 Å². The van der Waals surface area contributed by atoms with Crippen LogP contribution in [-0.4, -0.2) is 0 Å². The number of anilines is 2. The first-order chi connectivity index (χ1) is 8.49. The molecule has 0 unspecified atom stereocenters. The average molecular weight is 240 g/mol. The number of nitrogens with two attached hydrogens (primary N) is 1. The van der Waals surface area contributed by atoms with Crippen molar-refractivity contribution in [2.45, 2.75) is 26.3 Å². The molecular weight excluding hydrogens is 220 g/mol. The third kappa shape index (κ3) is 2.65. The van der Waals surface area contributed by atoms with Gasteiger partial charge in [0.2, 0.25) is 0 Å². The number of hydrogen-bond acceptors (Lipinski definition) is 2. The van der Waals surface area contributed by atoms with Gasteiger partial charge in [0.1, 0.15) is 0 Å². The minimum absolute atomic E-state index is 0.150. The Morgan fingerprint density at radius 2 is 1.67 bits per heavy atom. The second-order valence-corrected chi connectivity index (χ2v) is 5.21. The van der Waals surface area contributed by atoms with Crippen molar-refractivity contribution in [3.05, 3.63) is 59.7 Å². The van der Waals surface area contributed by atoms with Gasteiger partial charge in [0, 0.05) is 0 Å². The maximum Gasteiger partial charge on any atom is 0.0583 e. The summed E-state index contributed by atoms with van der Waals surface area (Å²) in [6.45, 7) is 6.38. The van der Waals surface area contributed by atoms with Gasteiger partial charge in [0.05, 0.1) is 16.9 Å². The quantitative estimate of drug-likeness (QED) is 0.798. The Balaban J connectivity index is 2.30. The number of nitrogens with one attached hydrogen (secondary N) is 1. The fourth-order valence-electron chi connectivity index (χ4n) is 2.04. The van der Waals surface area contributed by atoms with Gasteiger partial charge in [-0.25, -0.2) is 0 Å². The Labute approximate surface area is 109 Å². The molecule has 2 aromatic rings. The van der Waals surface area contributed by atoms with E-state index in [0.717, 1.165) is 11.4 Å². The number of hydrogen-bond donors (Lipinski definition) is 2. The van der Waals surface area contributed by atoms with Crippen molar-refractivity contribution in [1.82, 2.24) is 0 Å². The van der Waals surface area contributed by atoms with E-state index in [4.69, 9.17) is 5.73 Å². The van der Waals surface area contributed by atoms with E-state index in [1.165, 1.54) is 11.1 Å². The van der Waals surface area contributed by atoms with Crippen molar-refractivity contribution >= 4 is 11.4 Å². The summed E-state index contributed by atoms with van der Waals surface area (Å²) in [5.41, 5.74) is 10.1. The molecule has 0 heterocycles. The van der Waals surface area contributed by atoms with Gasteiger partial charge >= 0.3 is 0 Å². The molecule has 3 N–H and O–H groups in total. The molecule has 0 spiro atoms.